The van der Waals surface area contributed by atoms with Gasteiger partial charge in [-0.2, -0.15) is 16.8 Å². The molecule has 4 aromatic rings. The van der Waals surface area contributed by atoms with Gasteiger partial charge in [-0.3, -0.25) is 4.55 Å². The minimum atomic E-state index is -5.17. The van der Waals surface area contributed by atoms with E-state index < -0.39 is 52.8 Å². The number of hydrogen-bond acceptors (Lipinski definition) is 9. The Bertz CT molecular complexity index is 1830. The maximum atomic E-state index is 15.9. The fraction of sp³-hybridized carbons (Fsp3) is 0.111. The summed E-state index contributed by atoms with van der Waals surface area (Å²) >= 11 is 5.89. The maximum Gasteiger partial charge on any atom is 0.344 e. The molecule has 0 aromatic heterocycles. The molecule has 0 aliphatic carbocycles. The third-order valence-electron chi connectivity index (χ3n) is 5.83. The van der Waals surface area contributed by atoms with Crippen LogP contribution in [-0.2, 0) is 20.2 Å². The zero-order valence-corrected chi connectivity index (χ0v) is 24.1. The Labute approximate surface area is 240 Å². The van der Waals surface area contributed by atoms with Gasteiger partial charge in [-0.05, 0) is 74.5 Å². The lowest BCUT2D eigenvalue weighted by Gasteiger charge is -2.19. The first-order valence-corrected chi connectivity index (χ1v) is 14.8. The molecule has 0 saturated carbocycles. The summed E-state index contributed by atoms with van der Waals surface area (Å²) in [4.78, 5) is -2.40. The van der Waals surface area contributed by atoms with Gasteiger partial charge in [0.1, 0.15) is 33.6 Å². The van der Waals surface area contributed by atoms with Gasteiger partial charge in [0.25, 0.3) is 10.1 Å². The van der Waals surface area contributed by atoms with E-state index in [-0.39, 0.29) is 22.8 Å². The second-order valence-electron chi connectivity index (χ2n) is 8.57. The van der Waals surface area contributed by atoms with Crippen LogP contribution >= 0.6 is 11.6 Å². The summed E-state index contributed by atoms with van der Waals surface area (Å²) in [6.45, 7) is 2.59. The molecule has 0 unspecified atom stereocenters. The first-order valence-electron chi connectivity index (χ1n) is 11.6. The maximum absolute atomic E-state index is 15.9. The van der Waals surface area contributed by atoms with E-state index in [2.05, 4.69) is 0 Å². The van der Waals surface area contributed by atoms with Gasteiger partial charge in [0.05, 0.1) is 12.8 Å². The van der Waals surface area contributed by atoms with E-state index in [0.717, 1.165) is 6.92 Å². The van der Waals surface area contributed by atoms with Crippen LogP contribution in [0, 0.1) is 19.7 Å². The van der Waals surface area contributed by atoms with E-state index in [1.54, 1.807) is 30.3 Å². The molecule has 4 rings (SSSR count). The summed E-state index contributed by atoms with van der Waals surface area (Å²) in [6.07, 6.45) is 0. The van der Waals surface area contributed by atoms with Crippen LogP contribution in [0.4, 0.5) is 10.1 Å². The fourth-order valence-corrected chi connectivity index (χ4v) is 6.07. The summed E-state index contributed by atoms with van der Waals surface area (Å²) < 4.78 is 98.6. The van der Waals surface area contributed by atoms with Gasteiger partial charge in [0.2, 0.25) is 0 Å². The molecule has 3 N–H and O–H groups in total. The summed E-state index contributed by atoms with van der Waals surface area (Å²) in [5, 5.41) is 0.481. The van der Waals surface area contributed by atoms with E-state index in [4.69, 9.17) is 35.7 Å². The molecule has 41 heavy (non-hydrogen) atoms. The van der Waals surface area contributed by atoms with Crippen LogP contribution in [0.3, 0.4) is 0 Å². The molecule has 4 aromatic carbocycles. The number of nitrogens with two attached hydrogens (primary N) is 1. The first kappa shape index (κ1) is 29.9. The Morgan fingerprint density at radius 1 is 0.780 bits per heavy atom. The second-order valence-corrected chi connectivity index (χ2v) is 11.8. The van der Waals surface area contributed by atoms with Gasteiger partial charge in [-0.25, -0.2) is 4.39 Å². The van der Waals surface area contributed by atoms with Crippen molar-refractivity contribution in [3.05, 3.63) is 88.7 Å². The first-order chi connectivity index (χ1) is 19.2. The summed E-state index contributed by atoms with van der Waals surface area (Å²) in [5.74, 6) is -1.55. The molecule has 0 aliphatic heterocycles. The lowest BCUT2D eigenvalue weighted by Crippen LogP contribution is -2.19. The van der Waals surface area contributed by atoms with E-state index in [0.29, 0.717) is 16.5 Å². The van der Waals surface area contributed by atoms with Crippen molar-refractivity contribution in [2.24, 2.45) is 0 Å². The molecule has 0 spiro atoms. The Morgan fingerprint density at radius 3 is 1.90 bits per heavy atom. The highest BCUT2D eigenvalue weighted by atomic mass is 35.5. The molecule has 0 heterocycles. The summed E-state index contributed by atoms with van der Waals surface area (Å²) in [7, 11) is -8.89. The molecule has 0 radical (unpaired) electrons. The third kappa shape index (κ3) is 6.33. The standard InChI is InChI=1S/C27H23ClFNO9S2/c1-15-21(37-19-9-7-17(28)8-10-19)5-4-6-22(15)39-41(34,35)27-23(29)25(16(2)26(24(27)30)40(31,32)33)38-20-13-11-18(36-3)12-14-20/h4-14H,30H2,1-3H3,(H,31,32,33). The summed E-state index contributed by atoms with van der Waals surface area (Å²) in [5.41, 5.74) is 4.50. The highest BCUT2D eigenvalue weighted by molar-refractivity contribution is 7.87. The fourth-order valence-electron chi connectivity index (χ4n) is 3.84. The van der Waals surface area contributed by atoms with Crippen molar-refractivity contribution in [1.29, 1.82) is 0 Å². The lowest BCUT2D eigenvalue weighted by molar-refractivity contribution is 0.407. The van der Waals surface area contributed by atoms with Crippen LogP contribution in [0.5, 0.6) is 34.5 Å². The van der Waals surface area contributed by atoms with E-state index in [9.17, 15) is 21.4 Å². The minimum absolute atomic E-state index is 0.00557. The molecule has 14 heteroatoms. The Balaban J connectivity index is 1.80. The SMILES string of the molecule is COc1ccc(Oc2c(C)c(S(=O)(=O)O)c(N)c(S(=O)(=O)Oc3cccc(Oc4ccc(Cl)cc4)c3C)c2F)cc1. The van der Waals surface area contributed by atoms with Crippen molar-refractivity contribution in [2.75, 3.05) is 12.8 Å². The van der Waals surface area contributed by atoms with Crippen LogP contribution < -0.4 is 24.1 Å². The predicted octanol–water partition coefficient (Wildman–Crippen LogP) is 6.29. The highest BCUT2D eigenvalue weighted by Gasteiger charge is 2.36. The number of nitrogen functional groups attached to an aromatic ring is 1. The smallest absolute Gasteiger partial charge is 0.344 e. The molecule has 0 atom stereocenters. The topological polar surface area (TPSA) is 151 Å². The number of anilines is 1. The lowest BCUT2D eigenvalue weighted by atomic mass is 10.2. The van der Waals surface area contributed by atoms with E-state index >= 15 is 4.39 Å². The van der Waals surface area contributed by atoms with Crippen molar-refractivity contribution in [2.45, 2.75) is 23.6 Å². The number of hydrogen-bond donors (Lipinski definition) is 2. The number of benzene rings is 4. The third-order valence-corrected chi connectivity index (χ3v) is 8.42. The predicted molar refractivity (Wildman–Crippen MR) is 149 cm³/mol. The van der Waals surface area contributed by atoms with Gasteiger partial charge in [-0.1, -0.05) is 17.7 Å². The Hall–Kier alpha value is -4.04. The average Bonchev–Trinajstić information content (AvgIpc) is 2.89. The normalized spacial score (nSPS) is 11.7. The average molecular weight is 624 g/mol. The van der Waals surface area contributed by atoms with Crippen LogP contribution in [0.25, 0.3) is 0 Å². The minimum Gasteiger partial charge on any atom is -0.497 e. The van der Waals surface area contributed by atoms with Crippen molar-refractivity contribution >= 4 is 37.5 Å². The van der Waals surface area contributed by atoms with Crippen molar-refractivity contribution in [3.8, 4) is 34.5 Å². The molecular weight excluding hydrogens is 601 g/mol. The molecule has 10 nitrogen and oxygen atoms in total. The molecule has 216 valence electrons. The summed E-state index contributed by atoms with van der Waals surface area (Å²) in [6, 6.07) is 16.3. The highest BCUT2D eigenvalue weighted by Crippen LogP contribution is 2.43. The molecule has 0 fully saturated rings. The van der Waals surface area contributed by atoms with Crippen molar-refractivity contribution < 1.29 is 44.2 Å². The molecule has 0 bridgehead atoms. The van der Waals surface area contributed by atoms with Crippen LogP contribution in [0.1, 0.15) is 11.1 Å². The molecule has 0 saturated heterocycles. The zero-order valence-electron chi connectivity index (χ0n) is 21.7. The van der Waals surface area contributed by atoms with Crippen LogP contribution in [-0.4, -0.2) is 28.5 Å². The van der Waals surface area contributed by atoms with Gasteiger partial charge in [0, 0.05) is 16.1 Å². The van der Waals surface area contributed by atoms with Gasteiger partial charge in [-0.15, -0.1) is 0 Å². The van der Waals surface area contributed by atoms with Gasteiger partial charge < -0.3 is 24.1 Å². The van der Waals surface area contributed by atoms with Crippen LogP contribution in [0.2, 0.25) is 5.02 Å². The van der Waals surface area contributed by atoms with Crippen LogP contribution in [0.15, 0.2) is 76.5 Å². The Morgan fingerprint density at radius 2 is 1.32 bits per heavy atom. The second kappa shape index (κ2) is 11.4. The largest absolute Gasteiger partial charge is 0.497 e. The number of rotatable bonds is 9. The molecular formula is C27H23ClFNO9S2. The van der Waals surface area contributed by atoms with Crippen molar-refractivity contribution in [3.63, 3.8) is 0 Å². The zero-order chi connectivity index (χ0) is 30.1. The number of methoxy groups -OCH3 is 1. The van der Waals surface area contributed by atoms with Crippen molar-refractivity contribution in [1.82, 2.24) is 0 Å². The number of ether oxygens (including phenoxy) is 3. The van der Waals surface area contributed by atoms with E-state index in [1.807, 2.05) is 0 Å². The Kier molecular flexibility index (Phi) is 8.36. The quantitative estimate of drug-likeness (QED) is 0.124. The van der Waals surface area contributed by atoms with Gasteiger partial charge >= 0.3 is 10.1 Å². The molecule has 0 aliphatic rings. The van der Waals surface area contributed by atoms with Gasteiger partial charge in [0.15, 0.2) is 16.5 Å². The number of halogens is 2. The van der Waals surface area contributed by atoms with E-state index in [1.165, 1.54) is 50.4 Å². The monoisotopic (exact) mass is 623 g/mol. The molecule has 0 amide bonds.